The van der Waals surface area contributed by atoms with Gasteiger partial charge >= 0.3 is 0 Å². The maximum absolute atomic E-state index is 10.8. The quantitative estimate of drug-likeness (QED) is 0.755. The first-order chi connectivity index (χ1) is 8.42. The Morgan fingerprint density at radius 2 is 1.94 bits per heavy atom. The minimum absolute atomic E-state index is 0.0110. The van der Waals surface area contributed by atoms with E-state index in [4.69, 9.17) is 16.7 Å². The molecule has 0 saturated carbocycles. The Morgan fingerprint density at radius 3 is 2.44 bits per heavy atom. The Bertz CT molecular complexity index is 459. The monoisotopic (exact) mass is 290 g/mol. The zero-order chi connectivity index (χ0) is 13.6. The molecule has 6 heteroatoms. The first kappa shape index (κ1) is 15.4. The number of primary sulfonamides is 1. The molecule has 0 fully saturated rings. The molecule has 3 N–H and O–H groups in total. The lowest BCUT2D eigenvalue weighted by Crippen LogP contribution is -2.25. The van der Waals surface area contributed by atoms with E-state index in [1.54, 1.807) is 0 Å². The fraction of sp³-hybridized carbons (Fsp3) is 0.500. The number of rotatable bonds is 7. The molecular weight excluding hydrogens is 272 g/mol. The van der Waals surface area contributed by atoms with Crippen molar-refractivity contribution in [2.24, 2.45) is 5.14 Å². The summed E-state index contributed by atoms with van der Waals surface area (Å²) in [5.41, 5.74) is 1.15. The number of nitrogens with two attached hydrogens (primary N) is 1. The maximum Gasteiger partial charge on any atom is 0.209 e. The van der Waals surface area contributed by atoms with Gasteiger partial charge in [0.2, 0.25) is 10.0 Å². The lowest BCUT2D eigenvalue weighted by atomic mass is 10.0. The topological polar surface area (TPSA) is 72.2 Å². The highest BCUT2D eigenvalue weighted by Gasteiger charge is 2.09. The van der Waals surface area contributed by atoms with Gasteiger partial charge in [0.1, 0.15) is 0 Å². The Hall–Kier alpha value is -0.620. The van der Waals surface area contributed by atoms with Gasteiger partial charge in [-0.3, -0.25) is 0 Å². The summed E-state index contributed by atoms with van der Waals surface area (Å²) in [5.74, 6) is 0.0110. The second-order valence-corrected chi connectivity index (χ2v) is 6.36. The molecule has 18 heavy (non-hydrogen) atoms. The van der Waals surface area contributed by atoms with Gasteiger partial charge in [-0.1, -0.05) is 30.7 Å². The van der Waals surface area contributed by atoms with E-state index in [1.165, 1.54) is 0 Å². The predicted octanol–water partition coefficient (Wildman–Crippen LogP) is 2.06. The normalized spacial score (nSPS) is 13.5. The van der Waals surface area contributed by atoms with Gasteiger partial charge in [0.05, 0.1) is 5.75 Å². The molecule has 0 aliphatic rings. The second-order valence-electron chi connectivity index (χ2n) is 4.19. The van der Waals surface area contributed by atoms with Crippen LogP contribution in [0.5, 0.6) is 0 Å². The summed E-state index contributed by atoms with van der Waals surface area (Å²) in [6.45, 7) is 2.70. The number of hydrogen-bond donors (Lipinski definition) is 2. The predicted molar refractivity (Wildman–Crippen MR) is 75.1 cm³/mol. The van der Waals surface area contributed by atoms with Gasteiger partial charge in [0.15, 0.2) is 0 Å². The van der Waals surface area contributed by atoms with Gasteiger partial charge in [-0.15, -0.1) is 0 Å². The first-order valence-corrected chi connectivity index (χ1v) is 8.01. The smallest absolute Gasteiger partial charge is 0.209 e. The van der Waals surface area contributed by atoms with E-state index in [1.807, 2.05) is 24.3 Å². The minimum Gasteiger partial charge on any atom is -0.310 e. The lowest BCUT2D eigenvalue weighted by molar-refractivity contribution is 0.516. The SMILES string of the molecule is CCC(NCCCS(N)(=O)=O)c1ccc(Cl)cc1. The number of nitrogens with one attached hydrogen (secondary N) is 1. The van der Waals surface area contributed by atoms with Crippen LogP contribution in [0.3, 0.4) is 0 Å². The molecule has 0 spiro atoms. The van der Waals surface area contributed by atoms with Gasteiger partial charge < -0.3 is 5.32 Å². The second kappa shape index (κ2) is 7.09. The summed E-state index contributed by atoms with van der Waals surface area (Å²) in [6, 6.07) is 7.87. The zero-order valence-corrected chi connectivity index (χ0v) is 12.0. The number of hydrogen-bond acceptors (Lipinski definition) is 3. The molecule has 0 saturated heterocycles. The molecule has 4 nitrogen and oxygen atoms in total. The van der Waals surface area contributed by atoms with Crippen molar-refractivity contribution in [1.29, 1.82) is 0 Å². The molecule has 0 radical (unpaired) electrons. The van der Waals surface area contributed by atoms with Gasteiger partial charge in [-0.05, 0) is 37.1 Å². The van der Waals surface area contributed by atoms with Crippen molar-refractivity contribution in [3.05, 3.63) is 34.9 Å². The molecule has 0 aliphatic heterocycles. The van der Waals surface area contributed by atoms with Crippen LogP contribution in [-0.2, 0) is 10.0 Å². The molecule has 0 bridgehead atoms. The van der Waals surface area contributed by atoms with E-state index in [-0.39, 0.29) is 11.8 Å². The molecule has 1 rings (SSSR count). The number of halogens is 1. The van der Waals surface area contributed by atoms with Crippen molar-refractivity contribution in [3.8, 4) is 0 Å². The third-order valence-electron chi connectivity index (χ3n) is 2.68. The standard InChI is InChI=1S/C12H19ClN2O2S/c1-2-12(10-4-6-11(13)7-5-10)15-8-3-9-18(14,16)17/h4-7,12,15H,2-3,8-9H2,1H3,(H2,14,16,17). The zero-order valence-electron chi connectivity index (χ0n) is 10.4. The number of sulfonamides is 1. The molecule has 0 heterocycles. The largest absolute Gasteiger partial charge is 0.310 e. The van der Waals surface area contributed by atoms with Crippen LogP contribution in [0.4, 0.5) is 0 Å². The van der Waals surface area contributed by atoms with Crippen LogP contribution in [0.2, 0.25) is 5.02 Å². The summed E-state index contributed by atoms with van der Waals surface area (Å²) in [4.78, 5) is 0. The summed E-state index contributed by atoms with van der Waals surface area (Å²) in [5, 5.41) is 8.97. The van der Waals surface area contributed by atoms with Gasteiger partial charge in [-0.2, -0.15) is 0 Å². The summed E-state index contributed by atoms with van der Waals surface area (Å²) < 4.78 is 21.6. The Balaban J connectivity index is 2.45. The number of benzene rings is 1. The van der Waals surface area contributed by atoms with Gasteiger partial charge in [0, 0.05) is 11.1 Å². The van der Waals surface area contributed by atoms with E-state index >= 15 is 0 Å². The molecule has 1 aromatic rings. The van der Waals surface area contributed by atoms with Crippen LogP contribution >= 0.6 is 11.6 Å². The van der Waals surface area contributed by atoms with Crippen molar-refractivity contribution in [2.45, 2.75) is 25.8 Å². The highest BCUT2D eigenvalue weighted by molar-refractivity contribution is 7.89. The maximum atomic E-state index is 10.8. The van der Waals surface area contributed by atoms with Crippen LogP contribution in [0.1, 0.15) is 31.4 Å². The average Bonchev–Trinajstić information content (AvgIpc) is 2.29. The third kappa shape index (κ3) is 5.82. The van der Waals surface area contributed by atoms with E-state index in [9.17, 15) is 8.42 Å². The van der Waals surface area contributed by atoms with Crippen molar-refractivity contribution in [3.63, 3.8) is 0 Å². The van der Waals surface area contributed by atoms with Crippen LogP contribution in [0, 0.1) is 0 Å². The highest BCUT2D eigenvalue weighted by Crippen LogP contribution is 2.18. The Morgan fingerprint density at radius 1 is 1.33 bits per heavy atom. The molecule has 1 aromatic carbocycles. The summed E-state index contributed by atoms with van der Waals surface area (Å²) in [7, 11) is -3.36. The van der Waals surface area contributed by atoms with Gasteiger partial charge in [-0.25, -0.2) is 13.6 Å². The molecular formula is C12H19ClN2O2S. The van der Waals surface area contributed by atoms with Crippen LogP contribution in [0.15, 0.2) is 24.3 Å². The van der Waals surface area contributed by atoms with Crippen molar-refractivity contribution in [1.82, 2.24) is 5.32 Å². The van der Waals surface area contributed by atoms with Crippen LogP contribution in [-0.4, -0.2) is 20.7 Å². The molecule has 1 unspecified atom stereocenters. The average molecular weight is 291 g/mol. The Labute approximate surface area is 114 Å². The molecule has 102 valence electrons. The third-order valence-corrected chi connectivity index (χ3v) is 3.79. The molecule has 1 atom stereocenters. The fourth-order valence-corrected chi connectivity index (χ4v) is 2.42. The van der Waals surface area contributed by atoms with Gasteiger partial charge in [0.25, 0.3) is 0 Å². The lowest BCUT2D eigenvalue weighted by Gasteiger charge is -2.17. The summed E-state index contributed by atoms with van der Waals surface area (Å²) >= 11 is 5.84. The van der Waals surface area contributed by atoms with Crippen molar-refractivity contribution in [2.75, 3.05) is 12.3 Å². The molecule has 0 amide bonds. The molecule has 0 aliphatic carbocycles. The van der Waals surface area contributed by atoms with E-state index < -0.39 is 10.0 Å². The fourth-order valence-electron chi connectivity index (χ4n) is 1.74. The highest BCUT2D eigenvalue weighted by atomic mass is 35.5. The minimum atomic E-state index is -3.36. The molecule has 0 aromatic heterocycles. The van der Waals surface area contributed by atoms with E-state index in [0.717, 1.165) is 12.0 Å². The van der Waals surface area contributed by atoms with Crippen molar-refractivity contribution < 1.29 is 8.42 Å². The van der Waals surface area contributed by atoms with Crippen molar-refractivity contribution >= 4 is 21.6 Å². The van der Waals surface area contributed by atoms with E-state index in [0.29, 0.717) is 18.0 Å². The Kier molecular flexibility index (Phi) is 6.08. The first-order valence-electron chi connectivity index (χ1n) is 5.91. The van der Waals surface area contributed by atoms with Crippen LogP contribution in [0.25, 0.3) is 0 Å². The van der Waals surface area contributed by atoms with E-state index in [2.05, 4.69) is 12.2 Å². The summed E-state index contributed by atoms with van der Waals surface area (Å²) in [6.07, 6.45) is 1.44. The van der Waals surface area contributed by atoms with Crippen LogP contribution < -0.4 is 10.5 Å².